The van der Waals surface area contributed by atoms with Crippen LogP contribution in [0.4, 0.5) is 0 Å². The number of likely N-dealkylation sites (N-methyl/N-ethyl adjacent to an activating group) is 1. The molecule has 1 aliphatic rings. The SMILES string of the molecule is CNC(C1=CCCCC1)c1nccn1C. The Morgan fingerprint density at radius 2 is 2.33 bits per heavy atom. The molecule has 0 radical (unpaired) electrons. The van der Waals surface area contributed by atoms with E-state index in [1.165, 1.54) is 31.3 Å². The lowest BCUT2D eigenvalue weighted by Gasteiger charge is -2.22. The van der Waals surface area contributed by atoms with Gasteiger partial charge in [-0.2, -0.15) is 0 Å². The molecule has 15 heavy (non-hydrogen) atoms. The van der Waals surface area contributed by atoms with E-state index in [0.717, 1.165) is 5.82 Å². The Morgan fingerprint density at radius 3 is 2.87 bits per heavy atom. The molecule has 1 aliphatic carbocycles. The fraction of sp³-hybridized carbons (Fsp3) is 0.583. The summed E-state index contributed by atoms with van der Waals surface area (Å²) in [4.78, 5) is 4.42. The van der Waals surface area contributed by atoms with Gasteiger partial charge in [0.2, 0.25) is 0 Å². The van der Waals surface area contributed by atoms with Crippen molar-refractivity contribution in [3.63, 3.8) is 0 Å². The molecule has 0 aliphatic heterocycles. The van der Waals surface area contributed by atoms with E-state index >= 15 is 0 Å². The maximum atomic E-state index is 4.42. The van der Waals surface area contributed by atoms with E-state index in [0.29, 0.717) is 6.04 Å². The summed E-state index contributed by atoms with van der Waals surface area (Å²) in [6.07, 6.45) is 11.3. The lowest BCUT2D eigenvalue weighted by Crippen LogP contribution is -2.23. The Kier molecular flexibility index (Phi) is 3.21. The molecule has 0 saturated carbocycles. The molecule has 2 rings (SSSR count). The number of aryl methyl sites for hydroxylation is 1. The van der Waals surface area contributed by atoms with Crippen molar-refractivity contribution in [1.29, 1.82) is 0 Å². The Labute approximate surface area is 91.2 Å². The molecule has 3 nitrogen and oxygen atoms in total. The van der Waals surface area contributed by atoms with Gasteiger partial charge in [-0.3, -0.25) is 0 Å². The van der Waals surface area contributed by atoms with Gasteiger partial charge in [-0.25, -0.2) is 4.98 Å². The van der Waals surface area contributed by atoms with Crippen LogP contribution in [0.1, 0.15) is 37.5 Å². The Bertz CT molecular complexity index is 352. The van der Waals surface area contributed by atoms with Gasteiger partial charge in [0.25, 0.3) is 0 Å². The largest absolute Gasteiger partial charge is 0.336 e. The molecule has 82 valence electrons. The first-order valence-corrected chi connectivity index (χ1v) is 5.66. The van der Waals surface area contributed by atoms with Crippen LogP contribution in [0.15, 0.2) is 24.0 Å². The summed E-state index contributed by atoms with van der Waals surface area (Å²) >= 11 is 0. The number of nitrogens with one attached hydrogen (secondary N) is 1. The molecule has 0 amide bonds. The first-order chi connectivity index (χ1) is 7.33. The maximum absolute atomic E-state index is 4.42. The third kappa shape index (κ3) is 2.12. The van der Waals surface area contributed by atoms with Gasteiger partial charge >= 0.3 is 0 Å². The van der Waals surface area contributed by atoms with Crippen LogP contribution >= 0.6 is 0 Å². The van der Waals surface area contributed by atoms with Gasteiger partial charge in [-0.15, -0.1) is 0 Å². The van der Waals surface area contributed by atoms with E-state index in [1.54, 1.807) is 0 Å². The predicted octanol–water partition coefficient (Wildman–Crippen LogP) is 2.18. The second kappa shape index (κ2) is 4.62. The molecular weight excluding hydrogens is 186 g/mol. The number of imidazole rings is 1. The summed E-state index contributed by atoms with van der Waals surface area (Å²) in [6, 6.07) is 0.297. The summed E-state index contributed by atoms with van der Waals surface area (Å²) in [5, 5.41) is 3.36. The number of hydrogen-bond donors (Lipinski definition) is 1. The highest BCUT2D eigenvalue weighted by Gasteiger charge is 2.19. The quantitative estimate of drug-likeness (QED) is 0.766. The van der Waals surface area contributed by atoms with E-state index in [4.69, 9.17) is 0 Å². The molecule has 0 aromatic carbocycles. The topological polar surface area (TPSA) is 29.9 Å². The summed E-state index contributed by atoms with van der Waals surface area (Å²) in [7, 11) is 4.06. The van der Waals surface area contributed by atoms with Crippen molar-refractivity contribution in [3.8, 4) is 0 Å². The summed E-state index contributed by atoms with van der Waals surface area (Å²) in [5.74, 6) is 1.12. The minimum Gasteiger partial charge on any atom is -0.336 e. The summed E-state index contributed by atoms with van der Waals surface area (Å²) in [6.45, 7) is 0. The van der Waals surface area contributed by atoms with Crippen molar-refractivity contribution in [2.75, 3.05) is 7.05 Å². The number of hydrogen-bond acceptors (Lipinski definition) is 2. The summed E-state index contributed by atoms with van der Waals surface area (Å²) in [5.41, 5.74) is 1.50. The third-order valence-corrected chi connectivity index (χ3v) is 3.10. The lowest BCUT2D eigenvalue weighted by atomic mass is 9.93. The zero-order chi connectivity index (χ0) is 10.7. The first-order valence-electron chi connectivity index (χ1n) is 5.66. The van der Waals surface area contributed by atoms with Gasteiger partial charge < -0.3 is 9.88 Å². The zero-order valence-corrected chi connectivity index (χ0v) is 9.53. The predicted molar refractivity (Wildman–Crippen MR) is 61.6 cm³/mol. The molecule has 1 aromatic heterocycles. The highest BCUT2D eigenvalue weighted by atomic mass is 15.1. The van der Waals surface area contributed by atoms with Crippen molar-refractivity contribution in [2.24, 2.45) is 7.05 Å². The lowest BCUT2D eigenvalue weighted by molar-refractivity contribution is 0.555. The van der Waals surface area contributed by atoms with E-state index in [9.17, 15) is 0 Å². The van der Waals surface area contributed by atoms with Crippen LogP contribution in [0.5, 0.6) is 0 Å². The minimum atomic E-state index is 0.297. The highest BCUT2D eigenvalue weighted by Crippen LogP contribution is 2.28. The van der Waals surface area contributed by atoms with Gasteiger partial charge in [-0.05, 0) is 38.3 Å². The Morgan fingerprint density at radius 1 is 1.47 bits per heavy atom. The third-order valence-electron chi connectivity index (χ3n) is 3.10. The summed E-state index contributed by atoms with van der Waals surface area (Å²) < 4.78 is 2.09. The van der Waals surface area contributed by atoms with Gasteiger partial charge in [0.15, 0.2) is 0 Å². The van der Waals surface area contributed by atoms with Crippen LogP contribution in [0.2, 0.25) is 0 Å². The van der Waals surface area contributed by atoms with E-state index in [-0.39, 0.29) is 0 Å². The van der Waals surface area contributed by atoms with Crippen LogP contribution in [0.25, 0.3) is 0 Å². The fourth-order valence-corrected chi connectivity index (χ4v) is 2.26. The average molecular weight is 205 g/mol. The van der Waals surface area contributed by atoms with Gasteiger partial charge in [0, 0.05) is 19.4 Å². The number of nitrogens with zero attached hydrogens (tertiary/aromatic N) is 2. The second-order valence-electron chi connectivity index (χ2n) is 4.14. The van der Waals surface area contributed by atoms with Crippen LogP contribution in [0, 0.1) is 0 Å². The first kappa shape index (κ1) is 10.4. The monoisotopic (exact) mass is 205 g/mol. The molecule has 1 unspecified atom stereocenters. The molecule has 0 fully saturated rings. The van der Waals surface area contributed by atoms with Crippen molar-refractivity contribution in [3.05, 3.63) is 29.9 Å². The van der Waals surface area contributed by atoms with Gasteiger partial charge in [0.1, 0.15) is 5.82 Å². The molecule has 0 bridgehead atoms. The van der Waals surface area contributed by atoms with Crippen molar-refractivity contribution >= 4 is 0 Å². The number of allylic oxidation sites excluding steroid dienone is 1. The Balaban J connectivity index is 2.24. The van der Waals surface area contributed by atoms with Gasteiger partial charge in [-0.1, -0.05) is 6.08 Å². The Hall–Kier alpha value is -1.09. The number of rotatable bonds is 3. The standard InChI is InChI=1S/C12H19N3/c1-13-11(10-6-4-3-5-7-10)12-14-8-9-15(12)2/h6,8-9,11,13H,3-5,7H2,1-2H3. The highest BCUT2D eigenvalue weighted by molar-refractivity contribution is 5.20. The molecular formula is C12H19N3. The van der Waals surface area contributed by atoms with E-state index in [1.807, 2.05) is 19.4 Å². The normalized spacial score (nSPS) is 18.7. The number of aromatic nitrogens is 2. The van der Waals surface area contributed by atoms with Crippen LogP contribution in [-0.4, -0.2) is 16.6 Å². The average Bonchev–Trinajstić information content (AvgIpc) is 2.68. The van der Waals surface area contributed by atoms with Gasteiger partial charge in [0.05, 0.1) is 6.04 Å². The van der Waals surface area contributed by atoms with E-state index in [2.05, 4.69) is 28.0 Å². The molecule has 1 aromatic rings. The smallest absolute Gasteiger partial charge is 0.129 e. The zero-order valence-electron chi connectivity index (χ0n) is 9.53. The molecule has 1 N–H and O–H groups in total. The van der Waals surface area contributed by atoms with Crippen LogP contribution in [-0.2, 0) is 7.05 Å². The van der Waals surface area contributed by atoms with Crippen molar-refractivity contribution < 1.29 is 0 Å². The molecule has 1 heterocycles. The fourth-order valence-electron chi connectivity index (χ4n) is 2.26. The minimum absolute atomic E-state index is 0.297. The van der Waals surface area contributed by atoms with Crippen LogP contribution in [0.3, 0.4) is 0 Å². The van der Waals surface area contributed by atoms with E-state index < -0.39 is 0 Å². The van der Waals surface area contributed by atoms with Crippen molar-refractivity contribution in [1.82, 2.24) is 14.9 Å². The maximum Gasteiger partial charge on any atom is 0.129 e. The molecule has 1 atom stereocenters. The molecule has 0 spiro atoms. The van der Waals surface area contributed by atoms with Crippen molar-refractivity contribution in [2.45, 2.75) is 31.7 Å². The second-order valence-corrected chi connectivity index (χ2v) is 4.14. The van der Waals surface area contributed by atoms with Crippen LogP contribution < -0.4 is 5.32 Å². The molecule has 0 saturated heterocycles. The molecule has 3 heteroatoms.